The van der Waals surface area contributed by atoms with Crippen molar-refractivity contribution < 1.29 is 19.7 Å². The predicted molar refractivity (Wildman–Crippen MR) is 105 cm³/mol. The molecule has 0 saturated heterocycles. The second kappa shape index (κ2) is 20.2. The summed E-state index contributed by atoms with van der Waals surface area (Å²) in [4.78, 5) is 0. The molecule has 0 radical (unpaired) electrons. The second-order valence-corrected chi connectivity index (χ2v) is 7.12. The zero-order valence-electron chi connectivity index (χ0n) is 16.9. The molecule has 0 spiro atoms. The smallest absolute Gasteiger partial charge is 0.154 e. The number of hydrogen-bond acceptors (Lipinski definition) is 4. The Hall–Kier alpha value is -0.160. The first-order valence-corrected chi connectivity index (χ1v) is 10.8. The van der Waals surface area contributed by atoms with Crippen molar-refractivity contribution in [2.45, 2.75) is 123 Å². The zero-order valence-corrected chi connectivity index (χ0v) is 16.9. The molecular weight excluding hydrogens is 316 g/mol. The van der Waals surface area contributed by atoms with Gasteiger partial charge in [0, 0.05) is 13.2 Å². The highest BCUT2D eigenvalue weighted by Crippen LogP contribution is 2.12. The lowest BCUT2D eigenvalue weighted by Gasteiger charge is -2.12. The highest BCUT2D eigenvalue weighted by Gasteiger charge is 2.05. The van der Waals surface area contributed by atoms with Gasteiger partial charge in [-0.05, 0) is 38.5 Å². The largest absolute Gasteiger partial charge is 0.368 e. The van der Waals surface area contributed by atoms with Gasteiger partial charge < -0.3 is 19.7 Å². The van der Waals surface area contributed by atoms with Gasteiger partial charge in [0.2, 0.25) is 0 Å². The molecule has 2 atom stereocenters. The Morgan fingerprint density at radius 2 is 0.880 bits per heavy atom. The molecule has 0 aliphatic rings. The average Bonchev–Trinajstić information content (AvgIpc) is 2.60. The summed E-state index contributed by atoms with van der Waals surface area (Å²) in [7, 11) is 0. The van der Waals surface area contributed by atoms with Gasteiger partial charge in [0.25, 0.3) is 0 Å². The molecule has 2 N–H and O–H groups in total. The van der Waals surface area contributed by atoms with Crippen LogP contribution in [-0.2, 0) is 9.47 Å². The minimum Gasteiger partial charge on any atom is -0.368 e. The van der Waals surface area contributed by atoms with Crippen molar-refractivity contribution in [2.24, 2.45) is 0 Å². The molecule has 4 nitrogen and oxygen atoms in total. The molecule has 0 aliphatic heterocycles. The van der Waals surface area contributed by atoms with E-state index in [0.29, 0.717) is 13.2 Å². The van der Waals surface area contributed by atoms with Gasteiger partial charge in [0.1, 0.15) is 0 Å². The molecule has 0 bridgehead atoms. The maximum Gasteiger partial charge on any atom is 0.154 e. The number of unbranched alkanes of at least 4 members (excludes halogenated alkanes) is 10. The summed E-state index contributed by atoms with van der Waals surface area (Å²) in [5.41, 5.74) is 0. The molecule has 152 valence electrons. The van der Waals surface area contributed by atoms with Crippen LogP contribution >= 0.6 is 0 Å². The van der Waals surface area contributed by atoms with E-state index in [9.17, 15) is 10.2 Å². The summed E-state index contributed by atoms with van der Waals surface area (Å²) in [6.45, 7) is 5.74. The second-order valence-electron chi connectivity index (χ2n) is 7.12. The van der Waals surface area contributed by atoms with Gasteiger partial charge in [0.15, 0.2) is 12.6 Å². The molecule has 0 rings (SSSR count). The van der Waals surface area contributed by atoms with Gasteiger partial charge >= 0.3 is 0 Å². The topological polar surface area (TPSA) is 58.9 Å². The van der Waals surface area contributed by atoms with E-state index >= 15 is 0 Å². The fourth-order valence-corrected chi connectivity index (χ4v) is 2.83. The molecule has 25 heavy (non-hydrogen) atoms. The lowest BCUT2D eigenvalue weighted by atomic mass is 10.1. The molecule has 0 aromatic rings. The van der Waals surface area contributed by atoms with E-state index in [1.54, 1.807) is 0 Å². The molecule has 0 saturated carbocycles. The van der Waals surface area contributed by atoms with Crippen molar-refractivity contribution >= 4 is 0 Å². The third kappa shape index (κ3) is 20.0. The van der Waals surface area contributed by atoms with Crippen molar-refractivity contribution in [3.63, 3.8) is 0 Å². The predicted octanol–water partition coefficient (Wildman–Crippen LogP) is 5.55. The lowest BCUT2D eigenvalue weighted by Crippen LogP contribution is -2.13. The van der Waals surface area contributed by atoms with Crippen molar-refractivity contribution in [1.82, 2.24) is 0 Å². The number of aliphatic hydroxyl groups is 2. The van der Waals surface area contributed by atoms with Crippen LogP contribution in [0.4, 0.5) is 0 Å². The number of aliphatic hydroxyl groups excluding tert-OH is 2. The Morgan fingerprint density at radius 3 is 1.28 bits per heavy atom. The SMILES string of the molecule is CCCCCCOC(O)CCCCCCCC(O)OCCCCCC. The molecule has 4 heteroatoms. The molecule has 0 heterocycles. The molecular formula is C21H44O4. The fraction of sp³-hybridized carbons (Fsp3) is 1.00. The first-order valence-electron chi connectivity index (χ1n) is 10.8. The minimum absolute atomic E-state index is 0.593. The molecule has 0 aromatic heterocycles. The van der Waals surface area contributed by atoms with Gasteiger partial charge in [-0.25, -0.2) is 0 Å². The first-order chi connectivity index (χ1) is 12.2. The van der Waals surface area contributed by atoms with Crippen LogP contribution in [0, 0.1) is 0 Å². The van der Waals surface area contributed by atoms with Gasteiger partial charge in [0.05, 0.1) is 0 Å². The third-order valence-corrected chi connectivity index (χ3v) is 4.52. The summed E-state index contributed by atoms with van der Waals surface area (Å²) in [5, 5.41) is 19.5. The maximum absolute atomic E-state index is 9.75. The summed E-state index contributed by atoms with van der Waals surface area (Å²) in [6, 6.07) is 0. The zero-order chi connectivity index (χ0) is 18.6. The van der Waals surface area contributed by atoms with Crippen LogP contribution in [0.25, 0.3) is 0 Å². The van der Waals surface area contributed by atoms with Crippen molar-refractivity contribution in [2.75, 3.05) is 13.2 Å². The van der Waals surface area contributed by atoms with Crippen LogP contribution in [0.5, 0.6) is 0 Å². The van der Waals surface area contributed by atoms with Crippen LogP contribution < -0.4 is 0 Å². The van der Waals surface area contributed by atoms with Gasteiger partial charge in [-0.2, -0.15) is 0 Å². The third-order valence-electron chi connectivity index (χ3n) is 4.52. The summed E-state index contributed by atoms with van der Waals surface area (Å²) in [5.74, 6) is 0. The van der Waals surface area contributed by atoms with E-state index in [4.69, 9.17) is 9.47 Å². The normalized spacial score (nSPS) is 13.9. The van der Waals surface area contributed by atoms with E-state index in [1.807, 2.05) is 0 Å². The lowest BCUT2D eigenvalue weighted by molar-refractivity contribution is -0.105. The molecule has 0 amide bonds. The quantitative estimate of drug-likeness (QED) is 0.221. The summed E-state index contributed by atoms with van der Waals surface area (Å²) in [6.07, 6.45) is 15.1. The molecule has 0 aromatic carbocycles. The number of ether oxygens (including phenoxy) is 2. The average molecular weight is 361 g/mol. The van der Waals surface area contributed by atoms with E-state index in [0.717, 1.165) is 57.8 Å². The minimum atomic E-state index is -0.593. The van der Waals surface area contributed by atoms with Crippen LogP contribution in [0.1, 0.15) is 110 Å². The van der Waals surface area contributed by atoms with Crippen molar-refractivity contribution in [3.05, 3.63) is 0 Å². The Bertz CT molecular complexity index is 224. The van der Waals surface area contributed by atoms with Gasteiger partial charge in [-0.15, -0.1) is 0 Å². The number of hydrogen-bond donors (Lipinski definition) is 2. The highest BCUT2D eigenvalue weighted by atomic mass is 16.6. The van der Waals surface area contributed by atoms with Crippen molar-refractivity contribution in [3.8, 4) is 0 Å². The Kier molecular flexibility index (Phi) is 20.0. The Labute approximate surface area is 156 Å². The van der Waals surface area contributed by atoms with E-state index in [2.05, 4.69) is 13.8 Å². The Morgan fingerprint density at radius 1 is 0.520 bits per heavy atom. The standard InChI is InChI=1S/C21H44O4/c1-3-5-7-14-18-24-20(22)16-12-10-9-11-13-17-21(23)25-19-15-8-6-4-2/h20-23H,3-19H2,1-2H3. The molecule has 2 unspecified atom stereocenters. The van der Waals surface area contributed by atoms with Crippen molar-refractivity contribution in [1.29, 1.82) is 0 Å². The highest BCUT2D eigenvalue weighted by molar-refractivity contribution is 4.51. The van der Waals surface area contributed by atoms with Gasteiger partial charge in [-0.1, -0.05) is 71.6 Å². The van der Waals surface area contributed by atoms with Crippen LogP contribution in [0.2, 0.25) is 0 Å². The fourth-order valence-electron chi connectivity index (χ4n) is 2.83. The van der Waals surface area contributed by atoms with E-state index < -0.39 is 12.6 Å². The summed E-state index contributed by atoms with van der Waals surface area (Å²) >= 11 is 0. The molecule has 0 fully saturated rings. The summed E-state index contributed by atoms with van der Waals surface area (Å²) < 4.78 is 10.8. The first kappa shape index (κ1) is 24.8. The van der Waals surface area contributed by atoms with E-state index in [1.165, 1.54) is 38.5 Å². The van der Waals surface area contributed by atoms with Crippen LogP contribution in [-0.4, -0.2) is 36.0 Å². The van der Waals surface area contributed by atoms with E-state index in [-0.39, 0.29) is 0 Å². The monoisotopic (exact) mass is 360 g/mol. The Balaban J connectivity index is 3.23. The molecule has 0 aliphatic carbocycles. The van der Waals surface area contributed by atoms with Gasteiger partial charge in [-0.3, -0.25) is 0 Å². The maximum atomic E-state index is 9.75. The number of rotatable bonds is 20. The van der Waals surface area contributed by atoms with Crippen LogP contribution in [0.3, 0.4) is 0 Å². The van der Waals surface area contributed by atoms with Crippen LogP contribution in [0.15, 0.2) is 0 Å².